The van der Waals surface area contributed by atoms with E-state index in [1.807, 2.05) is 52.4 Å². The van der Waals surface area contributed by atoms with Gasteiger partial charge in [-0.3, -0.25) is 9.78 Å². The summed E-state index contributed by atoms with van der Waals surface area (Å²) in [5.74, 6) is 1.35. The van der Waals surface area contributed by atoms with Crippen molar-refractivity contribution in [3.63, 3.8) is 0 Å². The van der Waals surface area contributed by atoms with E-state index in [0.29, 0.717) is 12.4 Å². The van der Waals surface area contributed by atoms with Gasteiger partial charge in [0, 0.05) is 53.9 Å². The fourth-order valence-electron chi connectivity index (χ4n) is 6.21. The van der Waals surface area contributed by atoms with E-state index >= 15 is 0 Å². The fraction of sp³-hybridized carbons (Fsp3) is 0.243. The first-order valence-electron chi connectivity index (χ1n) is 15.0. The lowest BCUT2D eigenvalue weighted by Crippen LogP contribution is -2.27. The Morgan fingerprint density at radius 3 is 2.42 bits per heavy atom. The highest BCUT2D eigenvalue weighted by atomic mass is 16.5. The summed E-state index contributed by atoms with van der Waals surface area (Å²) < 4.78 is 12.5. The molecule has 45 heavy (non-hydrogen) atoms. The Balaban J connectivity index is 1.46. The fourth-order valence-corrected chi connectivity index (χ4v) is 6.21. The van der Waals surface area contributed by atoms with Crippen LogP contribution in [0.3, 0.4) is 0 Å². The summed E-state index contributed by atoms with van der Waals surface area (Å²) >= 11 is 0. The minimum atomic E-state index is -0.756. The molecule has 0 spiro atoms. The van der Waals surface area contributed by atoms with Crippen LogP contribution < -0.4 is 4.74 Å². The molecule has 0 saturated heterocycles. The van der Waals surface area contributed by atoms with E-state index in [1.165, 1.54) is 11.9 Å². The molecule has 0 saturated carbocycles. The van der Waals surface area contributed by atoms with Crippen LogP contribution in [-0.2, 0) is 16.0 Å². The van der Waals surface area contributed by atoms with Crippen LogP contribution in [0, 0.1) is 6.92 Å². The minimum Gasteiger partial charge on any atom is -0.493 e. The van der Waals surface area contributed by atoms with Crippen LogP contribution >= 0.6 is 0 Å². The first kappa shape index (κ1) is 28.7. The average Bonchev–Trinajstić information content (AvgIpc) is 3.03. The van der Waals surface area contributed by atoms with Crippen molar-refractivity contribution in [3.05, 3.63) is 96.5 Å². The number of Topliss-reactive ketones (excluding diaryl/α,β-unsaturated/α-hetero) is 1. The van der Waals surface area contributed by atoms with Gasteiger partial charge in [-0.05, 0) is 97.5 Å². The van der Waals surface area contributed by atoms with Crippen molar-refractivity contribution < 1.29 is 14.3 Å². The van der Waals surface area contributed by atoms with Crippen LogP contribution in [0.4, 0.5) is 0 Å². The summed E-state index contributed by atoms with van der Waals surface area (Å²) in [6.07, 6.45) is 10.4. The monoisotopic (exact) mass is 595 g/mol. The van der Waals surface area contributed by atoms with Gasteiger partial charge in [-0.25, -0.2) is 19.9 Å². The normalized spacial score (nSPS) is 13.5. The van der Waals surface area contributed by atoms with Crippen LogP contribution in [0.25, 0.3) is 55.3 Å². The standard InChI is InChI=1S/C37H33N5O3/c1-21-14-25-15-24(26-18-41-36(42-19-26)27-16-38-20-39-17-27)6-7-28(25)33(31(21)35(22(2)43)45-37(3,4)5)29-8-9-30-32-23(11-13-44-30)10-12-40-34(29)32/h6-10,12,14-20,35H,11,13H2,1-5H3. The number of hydrogen-bond donors (Lipinski definition) is 0. The van der Waals surface area contributed by atoms with Gasteiger partial charge in [0.1, 0.15) is 18.2 Å². The molecule has 0 aliphatic carbocycles. The number of rotatable bonds is 6. The third-order valence-corrected chi connectivity index (χ3v) is 8.13. The van der Waals surface area contributed by atoms with E-state index < -0.39 is 11.7 Å². The lowest BCUT2D eigenvalue weighted by molar-refractivity contribution is -0.138. The quantitative estimate of drug-likeness (QED) is 0.194. The largest absolute Gasteiger partial charge is 0.493 e. The molecule has 1 unspecified atom stereocenters. The Morgan fingerprint density at radius 1 is 0.911 bits per heavy atom. The van der Waals surface area contributed by atoms with E-state index in [0.717, 1.165) is 72.8 Å². The summed E-state index contributed by atoms with van der Waals surface area (Å²) in [7, 11) is 0. The van der Waals surface area contributed by atoms with Gasteiger partial charge in [0.15, 0.2) is 11.6 Å². The number of ether oxygens (including phenoxy) is 2. The number of nitrogens with zero attached hydrogens (tertiary/aromatic N) is 5. The molecule has 8 nitrogen and oxygen atoms in total. The molecule has 7 rings (SSSR count). The molecule has 3 aromatic carbocycles. The second kappa shape index (κ2) is 11.1. The van der Waals surface area contributed by atoms with Gasteiger partial charge in [-0.15, -0.1) is 0 Å². The Hall–Kier alpha value is -5.08. The molecule has 0 radical (unpaired) electrons. The highest BCUT2D eigenvalue weighted by Crippen LogP contribution is 2.45. The number of ketones is 1. The van der Waals surface area contributed by atoms with E-state index in [-0.39, 0.29) is 5.78 Å². The van der Waals surface area contributed by atoms with Crippen molar-refractivity contribution in [2.24, 2.45) is 0 Å². The third-order valence-electron chi connectivity index (χ3n) is 8.13. The lowest BCUT2D eigenvalue weighted by Gasteiger charge is -2.30. The third kappa shape index (κ3) is 5.31. The van der Waals surface area contributed by atoms with Crippen LogP contribution in [0.5, 0.6) is 5.75 Å². The van der Waals surface area contributed by atoms with Crippen LogP contribution in [0.2, 0.25) is 0 Å². The predicted octanol–water partition coefficient (Wildman–Crippen LogP) is 7.66. The number of fused-ring (bicyclic) bond motifs is 1. The Labute approximate surface area is 261 Å². The first-order valence-corrected chi connectivity index (χ1v) is 15.0. The van der Waals surface area contributed by atoms with Crippen LogP contribution in [0.15, 0.2) is 79.8 Å². The molecule has 1 aliphatic heterocycles. The number of aromatic nitrogens is 5. The highest BCUT2D eigenvalue weighted by molar-refractivity contribution is 6.09. The van der Waals surface area contributed by atoms with Gasteiger partial charge >= 0.3 is 0 Å². The molecular weight excluding hydrogens is 562 g/mol. The highest BCUT2D eigenvalue weighted by Gasteiger charge is 2.31. The van der Waals surface area contributed by atoms with Gasteiger partial charge in [-0.1, -0.05) is 18.2 Å². The molecule has 1 aliphatic rings. The molecule has 6 aromatic rings. The zero-order valence-electron chi connectivity index (χ0n) is 26.0. The van der Waals surface area contributed by atoms with Crippen molar-refractivity contribution >= 4 is 27.5 Å². The van der Waals surface area contributed by atoms with Gasteiger partial charge in [0.2, 0.25) is 0 Å². The summed E-state index contributed by atoms with van der Waals surface area (Å²) in [4.78, 5) is 35.5. The summed E-state index contributed by atoms with van der Waals surface area (Å²) in [6, 6.07) is 14.6. The zero-order valence-corrected chi connectivity index (χ0v) is 26.0. The van der Waals surface area contributed by atoms with Gasteiger partial charge in [-0.2, -0.15) is 0 Å². The molecule has 8 heteroatoms. The SMILES string of the molecule is CC(=O)C(OC(C)(C)C)c1c(C)cc2cc(-c3cnc(-c4cncnc4)nc3)ccc2c1-c1ccc2c3c(ccnc13)CCO2. The first-order chi connectivity index (χ1) is 21.7. The molecule has 0 N–H and O–H groups in total. The van der Waals surface area contributed by atoms with Crippen molar-refractivity contribution in [3.8, 4) is 39.4 Å². The summed E-state index contributed by atoms with van der Waals surface area (Å²) in [5.41, 5.74) is 7.86. The average molecular weight is 596 g/mol. The minimum absolute atomic E-state index is 0.0506. The number of hydrogen-bond acceptors (Lipinski definition) is 8. The second-order valence-corrected chi connectivity index (χ2v) is 12.5. The second-order valence-electron chi connectivity index (χ2n) is 12.5. The molecule has 1 atom stereocenters. The predicted molar refractivity (Wildman–Crippen MR) is 175 cm³/mol. The van der Waals surface area contributed by atoms with Crippen LogP contribution in [-0.4, -0.2) is 42.9 Å². The molecule has 224 valence electrons. The molecular formula is C37H33N5O3. The maximum absolute atomic E-state index is 13.3. The number of carbonyl (C=O) groups excluding carboxylic acids is 1. The maximum Gasteiger partial charge on any atom is 0.163 e. The lowest BCUT2D eigenvalue weighted by atomic mass is 9.84. The van der Waals surface area contributed by atoms with E-state index in [2.05, 4.69) is 56.3 Å². The molecule has 0 amide bonds. The maximum atomic E-state index is 13.3. The van der Waals surface area contributed by atoms with E-state index in [9.17, 15) is 4.79 Å². The Bertz CT molecular complexity index is 2080. The Kier molecular flexibility index (Phi) is 7.09. The molecule has 0 fully saturated rings. The van der Waals surface area contributed by atoms with E-state index in [1.54, 1.807) is 19.3 Å². The topological polar surface area (TPSA) is 100.0 Å². The number of pyridine rings is 1. The molecule has 4 heterocycles. The van der Waals surface area contributed by atoms with Crippen molar-refractivity contribution in [2.75, 3.05) is 6.61 Å². The number of aryl methyl sites for hydroxylation is 1. The van der Waals surface area contributed by atoms with E-state index in [4.69, 9.17) is 14.5 Å². The Morgan fingerprint density at radius 2 is 1.69 bits per heavy atom. The zero-order chi connectivity index (χ0) is 31.3. The van der Waals surface area contributed by atoms with Crippen molar-refractivity contribution in [1.82, 2.24) is 24.9 Å². The summed E-state index contributed by atoms with van der Waals surface area (Å²) in [6.45, 7) is 10.2. The smallest absolute Gasteiger partial charge is 0.163 e. The van der Waals surface area contributed by atoms with Gasteiger partial charge < -0.3 is 9.47 Å². The van der Waals surface area contributed by atoms with Crippen LogP contribution in [0.1, 0.15) is 50.5 Å². The van der Waals surface area contributed by atoms with Gasteiger partial charge in [0.05, 0.1) is 23.3 Å². The van der Waals surface area contributed by atoms with Gasteiger partial charge in [0.25, 0.3) is 0 Å². The summed E-state index contributed by atoms with van der Waals surface area (Å²) in [5, 5.41) is 3.05. The molecule has 3 aromatic heterocycles. The number of carbonyl (C=O) groups is 1. The van der Waals surface area contributed by atoms with Crippen molar-refractivity contribution in [2.45, 2.75) is 52.7 Å². The number of benzene rings is 3. The molecule has 0 bridgehead atoms. The van der Waals surface area contributed by atoms with Crippen molar-refractivity contribution in [1.29, 1.82) is 0 Å².